The van der Waals surface area contributed by atoms with Crippen molar-refractivity contribution in [1.29, 1.82) is 0 Å². The number of hydrogen-bond acceptors (Lipinski definition) is 3. The van der Waals surface area contributed by atoms with Gasteiger partial charge in [0.2, 0.25) is 0 Å². The van der Waals surface area contributed by atoms with Crippen molar-refractivity contribution in [1.82, 2.24) is 9.38 Å². The number of rotatable bonds is 4. The number of imidazole rings is 1. The molecule has 5 heteroatoms. The summed E-state index contributed by atoms with van der Waals surface area (Å²) in [4.78, 5) is 17.1. The molecule has 0 aliphatic heterocycles. The van der Waals surface area contributed by atoms with Gasteiger partial charge in [0.05, 0.1) is 6.61 Å². The monoisotopic (exact) mass is 292 g/mol. The summed E-state index contributed by atoms with van der Waals surface area (Å²) in [5.41, 5.74) is 3.98. The SMILES string of the molecule is CBc1cccn2c(C(=O)OCC)c(-c3ccccc3)nc12. The first-order valence-electron chi connectivity index (χ1n) is 7.48. The van der Waals surface area contributed by atoms with Crippen molar-refractivity contribution in [3.63, 3.8) is 0 Å². The first kappa shape index (κ1) is 14.4. The molecule has 2 heterocycles. The lowest BCUT2D eigenvalue weighted by Gasteiger charge is -2.05. The van der Waals surface area contributed by atoms with E-state index in [4.69, 9.17) is 9.72 Å². The molecule has 22 heavy (non-hydrogen) atoms. The first-order chi connectivity index (χ1) is 10.8. The van der Waals surface area contributed by atoms with Crippen LogP contribution in [0.5, 0.6) is 0 Å². The van der Waals surface area contributed by atoms with Gasteiger partial charge in [0, 0.05) is 11.8 Å². The number of esters is 1. The fraction of sp³-hybridized carbons (Fsp3) is 0.176. The van der Waals surface area contributed by atoms with E-state index in [-0.39, 0.29) is 5.97 Å². The lowest BCUT2D eigenvalue weighted by Crippen LogP contribution is -2.16. The molecule has 110 valence electrons. The summed E-state index contributed by atoms with van der Waals surface area (Å²) < 4.78 is 7.06. The molecule has 0 aliphatic rings. The van der Waals surface area contributed by atoms with Crippen LogP contribution < -0.4 is 5.46 Å². The van der Waals surface area contributed by atoms with Gasteiger partial charge in [-0.2, -0.15) is 0 Å². The van der Waals surface area contributed by atoms with Crippen molar-refractivity contribution in [2.45, 2.75) is 13.7 Å². The van der Waals surface area contributed by atoms with Gasteiger partial charge in [-0.25, -0.2) is 9.78 Å². The van der Waals surface area contributed by atoms with Crippen LogP contribution in [0.4, 0.5) is 0 Å². The maximum atomic E-state index is 12.4. The number of benzene rings is 1. The highest BCUT2D eigenvalue weighted by Crippen LogP contribution is 2.24. The molecule has 3 rings (SSSR count). The van der Waals surface area contributed by atoms with Crippen LogP contribution in [0.15, 0.2) is 48.7 Å². The molecule has 3 aromatic rings. The summed E-state index contributed by atoms with van der Waals surface area (Å²) in [7, 11) is 0.859. The number of hydrogen-bond donors (Lipinski definition) is 0. The number of fused-ring (bicyclic) bond motifs is 1. The van der Waals surface area contributed by atoms with Gasteiger partial charge in [0.25, 0.3) is 0 Å². The predicted molar refractivity (Wildman–Crippen MR) is 89.2 cm³/mol. The minimum absolute atomic E-state index is 0.341. The Balaban J connectivity index is 2.30. The van der Waals surface area contributed by atoms with E-state index >= 15 is 0 Å². The van der Waals surface area contributed by atoms with Crippen LogP contribution >= 0.6 is 0 Å². The summed E-state index contributed by atoms with van der Waals surface area (Å²) >= 11 is 0. The second kappa shape index (κ2) is 6.06. The zero-order chi connectivity index (χ0) is 15.5. The Morgan fingerprint density at radius 2 is 2.00 bits per heavy atom. The number of carbonyl (C=O) groups is 1. The van der Waals surface area contributed by atoms with Gasteiger partial charge >= 0.3 is 5.97 Å². The number of nitrogens with zero attached hydrogens (tertiary/aromatic N) is 2. The lowest BCUT2D eigenvalue weighted by molar-refractivity contribution is 0.0519. The van der Waals surface area contributed by atoms with E-state index in [1.807, 2.05) is 53.1 Å². The highest BCUT2D eigenvalue weighted by molar-refractivity contribution is 6.54. The molecule has 2 aromatic heterocycles. The molecule has 0 fully saturated rings. The third-order valence-electron chi connectivity index (χ3n) is 3.63. The van der Waals surface area contributed by atoms with Gasteiger partial charge in [0.1, 0.15) is 11.3 Å². The van der Waals surface area contributed by atoms with Gasteiger partial charge in [0.15, 0.2) is 13.0 Å². The smallest absolute Gasteiger partial charge is 0.357 e. The number of ether oxygens (including phenoxy) is 1. The topological polar surface area (TPSA) is 43.6 Å². The molecule has 0 saturated carbocycles. The second-order valence-electron chi connectivity index (χ2n) is 4.98. The molecule has 0 N–H and O–H groups in total. The molecular formula is C17H17BN2O2. The van der Waals surface area contributed by atoms with E-state index in [0.717, 1.165) is 24.0 Å². The maximum Gasteiger partial charge on any atom is 0.357 e. The minimum Gasteiger partial charge on any atom is -0.461 e. The van der Waals surface area contributed by atoms with Crippen molar-refractivity contribution in [2.75, 3.05) is 6.61 Å². The molecule has 0 atom stereocenters. The minimum atomic E-state index is -0.345. The van der Waals surface area contributed by atoms with Crippen molar-refractivity contribution < 1.29 is 9.53 Å². The average molecular weight is 292 g/mol. The first-order valence-corrected chi connectivity index (χ1v) is 7.48. The van der Waals surface area contributed by atoms with Gasteiger partial charge in [-0.05, 0) is 18.5 Å². The Bertz CT molecular complexity index is 812. The van der Waals surface area contributed by atoms with Crippen LogP contribution in [0.3, 0.4) is 0 Å². The molecule has 0 saturated heterocycles. The lowest BCUT2D eigenvalue weighted by atomic mass is 9.74. The summed E-state index contributed by atoms with van der Waals surface area (Å²) in [6.45, 7) is 4.23. The molecule has 0 amide bonds. The van der Waals surface area contributed by atoms with Gasteiger partial charge < -0.3 is 4.74 Å². The van der Waals surface area contributed by atoms with Crippen molar-refractivity contribution in [3.05, 3.63) is 54.4 Å². The van der Waals surface area contributed by atoms with Gasteiger partial charge in [-0.15, -0.1) is 0 Å². The highest BCUT2D eigenvalue weighted by atomic mass is 16.5. The largest absolute Gasteiger partial charge is 0.461 e. The fourth-order valence-corrected chi connectivity index (χ4v) is 2.59. The fourth-order valence-electron chi connectivity index (χ4n) is 2.59. The highest BCUT2D eigenvalue weighted by Gasteiger charge is 2.22. The van der Waals surface area contributed by atoms with E-state index in [0.29, 0.717) is 18.0 Å². The Morgan fingerprint density at radius 1 is 1.23 bits per heavy atom. The summed E-state index contributed by atoms with van der Waals surface area (Å²) in [5, 5.41) is 0. The third-order valence-corrected chi connectivity index (χ3v) is 3.63. The molecule has 0 aliphatic carbocycles. The van der Waals surface area contributed by atoms with E-state index < -0.39 is 0 Å². The Morgan fingerprint density at radius 3 is 2.68 bits per heavy atom. The predicted octanol–water partition coefficient (Wildman–Crippen LogP) is 2.29. The molecular weight excluding hydrogens is 275 g/mol. The van der Waals surface area contributed by atoms with E-state index in [2.05, 4.69) is 6.82 Å². The van der Waals surface area contributed by atoms with Gasteiger partial charge in [-0.1, -0.05) is 43.2 Å². The van der Waals surface area contributed by atoms with Crippen LogP contribution in [-0.4, -0.2) is 29.2 Å². The normalized spacial score (nSPS) is 10.6. The van der Waals surface area contributed by atoms with E-state index in [9.17, 15) is 4.79 Å². The van der Waals surface area contributed by atoms with Crippen LogP contribution in [0.25, 0.3) is 16.9 Å². The van der Waals surface area contributed by atoms with Crippen molar-refractivity contribution in [3.8, 4) is 11.3 Å². The molecule has 0 bridgehead atoms. The Kier molecular flexibility index (Phi) is 3.96. The third kappa shape index (κ3) is 2.39. The summed E-state index contributed by atoms with van der Waals surface area (Å²) in [6.07, 6.45) is 1.86. The second-order valence-corrected chi connectivity index (χ2v) is 4.98. The van der Waals surface area contributed by atoms with E-state index in [1.165, 1.54) is 0 Å². The van der Waals surface area contributed by atoms with E-state index in [1.54, 1.807) is 6.92 Å². The Labute approximate surface area is 130 Å². The zero-order valence-electron chi connectivity index (χ0n) is 12.7. The quantitative estimate of drug-likeness (QED) is 0.547. The molecule has 0 radical (unpaired) electrons. The zero-order valence-corrected chi connectivity index (χ0v) is 12.7. The number of pyridine rings is 1. The standard InChI is InChI=1S/C17H17BN2O2/c1-3-22-17(21)15-14(12-8-5-4-6-9-12)19-16-13(18-2)10-7-11-20(15)16/h4-11,18H,3H2,1-2H3. The Hall–Kier alpha value is -2.56. The van der Waals surface area contributed by atoms with Crippen molar-refractivity contribution >= 4 is 24.4 Å². The van der Waals surface area contributed by atoms with Crippen LogP contribution in [-0.2, 0) is 4.74 Å². The summed E-state index contributed by atoms with van der Waals surface area (Å²) in [5.74, 6) is -0.345. The van der Waals surface area contributed by atoms with Crippen LogP contribution in [0.2, 0.25) is 6.82 Å². The maximum absolute atomic E-state index is 12.4. The van der Waals surface area contributed by atoms with Gasteiger partial charge in [-0.3, -0.25) is 4.40 Å². The van der Waals surface area contributed by atoms with Crippen molar-refractivity contribution in [2.24, 2.45) is 0 Å². The van der Waals surface area contributed by atoms with Crippen LogP contribution in [0, 0.1) is 0 Å². The average Bonchev–Trinajstić information content (AvgIpc) is 2.95. The molecule has 1 aromatic carbocycles. The summed E-state index contributed by atoms with van der Waals surface area (Å²) in [6, 6.07) is 13.7. The molecule has 4 nitrogen and oxygen atoms in total. The van der Waals surface area contributed by atoms with Crippen LogP contribution in [0.1, 0.15) is 17.4 Å². The number of carbonyl (C=O) groups excluding carboxylic acids is 1. The molecule has 0 unspecified atom stereocenters. The number of aromatic nitrogens is 2. The molecule has 0 spiro atoms.